The molecule has 18 heavy (non-hydrogen) atoms. The number of hydrogen-bond acceptors (Lipinski definition) is 4. The Morgan fingerprint density at radius 1 is 1.28 bits per heavy atom. The van der Waals surface area contributed by atoms with Gasteiger partial charge in [-0.05, 0) is 24.3 Å². The smallest absolute Gasteiger partial charge is 0.360 e. The van der Waals surface area contributed by atoms with Crippen LogP contribution in [0.25, 0.3) is 5.69 Å². The summed E-state index contributed by atoms with van der Waals surface area (Å²) in [6.07, 6.45) is 1.37. The highest BCUT2D eigenvalue weighted by atomic mass is 16.4. The Bertz CT molecular complexity index is 696. The van der Waals surface area contributed by atoms with Gasteiger partial charge in [-0.1, -0.05) is 0 Å². The van der Waals surface area contributed by atoms with Gasteiger partial charge in [-0.15, -0.1) is 0 Å². The van der Waals surface area contributed by atoms with Crippen LogP contribution in [-0.4, -0.2) is 20.9 Å². The number of nitrogens with zero attached hydrogens (tertiary/aromatic N) is 3. The monoisotopic (exact) mass is 241 g/mol. The van der Waals surface area contributed by atoms with Crippen molar-refractivity contribution in [1.82, 2.24) is 9.78 Å². The van der Waals surface area contributed by atoms with E-state index < -0.39 is 17.1 Å². The zero-order chi connectivity index (χ0) is 13.1. The van der Waals surface area contributed by atoms with E-state index in [1.54, 1.807) is 24.3 Å². The van der Waals surface area contributed by atoms with Crippen LogP contribution in [0.1, 0.15) is 16.1 Å². The summed E-state index contributed by atoms with van der Waals surface area (Å²) >= 11 is 0. The predicted molar refractivity (Wildman–Crippen MR) is 61.5 cm³/mol. The molecule has 0 radical (unpaired) electrons. The summed E-state index contributed by atoms with van der Waals surface area (Å²) in [5.41, 5.74) is -0.135. The molecule has 0 saturated carbocycles. The fraction of sp³-hybridized carbons (Fsp3) is 0. The number of carboxylic acids is 1. The van der Waals surface area contributed by atoms with Gasteiger partial charge in [-0.3, -0.25) is 4.79 Å². The van der Waals surface area contributed by atoms with E-state index in [9.17, 15) is 9.59 Å². The molecule has 1 aromatic carbocycles. The number of rotatable bonds is 2. The van der Waals surface area contributed by atoms with Crippen molar-refractivity contribution in [3.05, 3.63) is 58.0 Å². The van der Waals surface area contributed by atoms with E-state index in [4.69, 9.17) is 10.4 Å². The quantitative estimate of drug-likeness (QED) is 0.838. The second kappa shape index (κ2) is 4.51. The maximum atomic E-state index is 11.2. The lowest BCUT2D eigenvalue weighted by molar-refractivity contribution is 0.0687. The SMILES string of the molecule is N#Cc1ccc(-n2ccc(=O)c(C(=O)O)n2)cc1. The predicted octanol–water partition coefficient (Wildman–Crippen LogP) is 0.802. The lowest BCUT2D eigenvalue weighted by Gasteiger charge is -2.05. The van der Waals surface area contributed by atoms with Crippen LogP contribution in [0.4, 0.5) is 0 Å². The number of carbonyl (C=O) groups is 1. The topological polar surface area (TPSA) is 96.0 Å². The Morgan fingerprint density at radius 3 is 2.50 bits per heavy atom. The Kier molecular flexibility index (Phi) is 2.89. The first kappa shape index (κ1) is 11.5. The molecule has 1 aromatic heterocycles. The van der Waals surface area contributed by atoms with Crippen molar-refractivity contribution < 1.29 is 9.90 Å². The van der Waals surface area contributed by atoms with Crippen molar-refractivity contribution in [1.29, 1.82) is 5.26 Å². The van der Waals surface area contributed by atoms with Gasteiger partial charge in [-0.2, -0.15) is 10.4 Å². The van der Waals surface area contributed by atoms with Gasteiger partial charge in [0.25, 0.3) is 0 Å². The number of carboxylic acid groups (broad SMARTS) is 1. The molecule has 2 aromatic rings. The summed E-state index contributed by atoms with van der Waals surface area (Å²) in [6, 6.07) is 9.49. The average Bonchev–Trinajstić information content (AvgIpc) is 2.39. The minimum absolute atomic E-state index is 0.484. The molecule has 1 N–H and O–H groups in total. The second-order valence-electron chi connectivity index (χ2n) is 3.44. The maximum absolute atomic E-state index is 11.2. The van der Waals surface area contributed by atoms with Gasteiger partial charge in [0.15, 0.2) is 0 Å². The Hall–Kier alpha value is -2.94. The van der Waals surface area contributed by atoms with Crippen LogP contribution in [-0.2, 0) is 0 Å². The molecule has 0 unspecified atom stereocenters. The fourth-order valence-electron chi connectivity index (χ4n) is 1.39. The number of benzene rings is 1. The minimum atomic E-state index is -1.37. The van der Waals surface area contributed by atoms with Gasteiger partial charge in [0.05, 0.1) is 17.3 Å². The fourth-order valence-corrected chi connectivity index (χ4v) is 1.39. The molecule has 0 spiro atoms. The van der Waals surface area contributed by atoms with Crippen LogP contribution >= 0.6 is 0 Å². The summed E-state index contributed by atoms with van der Waals surface area (Å²) in [6.45, 7) is 0. The van der Waals surface area contributed by atoms with Crippen LogP contribution in [0.5, 0.6) is 0 Å². The van der Waals surface area contributed by atoms with Crippen LogP contribution < -0.4 is 5.43 Å². The molecule has 0 aliphatic rings. The maximum Gasteiger partial charge on any atom is 0.360 e. The van der Waals surface area contributed by atoms with Crippen molar-refractivity contribution in [2.45, 2.75) is 0 Å². The van der Waals surface area contributed by atoms with E-state index >= 15 is 0 Å². The Morgan fingerprint density at radius 2 is 1.94 bits per heavy atom. The molecule has 0 bridgehead atoms. The van der Waals surface area contributed by atoms with E-state index in [1.807, 2.05) is 6.07 Å². The molecule has 6 nitrogen and oxygen atoms in total. The second-order valence-corrected chi connectivity index (χ2v) is 3.44. The van der Waals surface area contributed by atoms with Crippen molar-refractivity contribution in [2.24, 2.45) is 0 Å². The molecule has 88 valence electrons. The van der Waals surface area contributed by atoms with Crippen molar-refractivity contribution >= 4 is 5.97 Å². The minimum Gasteiger partial charge on any atom is -0.476 e. The molecule has 0 atom stereocenters. The molecule has 0 aliphatic carbocycles. The van der Waals surface area contributed by atoms with Crippen LogP contribution in [0.15, 0.2) is 41.3 Å². The Balaban J connectivity index is 2.51. The number of nitriles is 1. The zero-order valence-electron chi connectivity index (χ0n) is 9.07. The molecule has 0 aliphatic heterocycles. The first-order valence-corrected chi connectivity index (χ1v) is 4.95. The highest BCUT2D eigenvalue weighted by Gasteiger charge is 2.11. The molecule has 1 heterocycles. The highest BCUT2D eigenvalue weighted by Crippen LogP contribution is 2.07. The van der Waals surface area contributed by atoms with E-state index in [0.29, 0.717) is 11.3 Å². The molecular weight excluding hydrogens is 234 g/mol. The van der Waals surface area contributed by atoms with Gasteiger partial charge in [0.2, 0.25) is 11.1 Å². The number of hydrogen-bond donors (Lipinski definition) is 1. The largest absolute Gasteiger partial charge is 0.476 e. The molecule has 0 fully saturated rings. The first-order valence-electron chi connectivity index (χ1n) is 4.95. The van der Waals surface area contributed by atoms with Gasteiger partial charge in [0, 0.05) is 12.3 Å². The zero-order valence-corrected chi connectivity index (χ0v) is 9.07. The molecule has 2 rings (SSSR count). The van der Waals surface area contributed by atoms with E-state index in [1.165, 1.54) is 10.9 Å². The van der Waals surface area contributed by atoms with Gasteiger partial charge < -0.3 is 5.11 Å². The normalized spacial score (nSPS) is 9.72. The van der Waals surface area contributed by atoms with Crippen LogP contribution in [0, 0.1) is 11.3 Å². The van der Waals surface area contributed by atoms with Crippen LogP contribution in [0.2, 0.25) is 0 Å². The first-order chi connectivity index (χ1) is 8.61. The summed E-state index contributed by atoms with van der Waals surface area (Å²) in [4.78, 5) is 22.0. The third-order valence-electron chi connectivity index (χ3n) is 2.27. The summed E-state index contributed by atoms with van der Waals surface area (Å²) in [7, 11) is 0. The molecule has 6 heteroatoms. The third kappa shape index (κ3) is 2.10. The van der Waals surface area contributed by atoms with E-state index in [0.717, 1.165) is 6.07 Å². The Labute approximate surface area is 101 Å². The van der Waals surface area contributed by atoms with E-state index in [2.05, 4.69) is 5.10 Å². The van der Waals surface area contributed by atoms with Gasteiger partial charge >= 0.3 is 5.97 Å². The summed E-state index contributed by atoms with van der Waals surface area (Å²) < 4.78 is 1.27. The number of aromatic nitrogens is 2. The van der Waals surface area contributed by atoms with Crippen molar-refractivity contribution in [2.75, 3.05) is 0 Å². The molecule has 0 amide bonds. The van der Waals surface area contributed by atoms with E-state index in [-0.39, 0.29) is 0 Å². The molecular formula is C12H7N3O3. The number of aromatic carboxylic acids is 1. The van der Waals surface area contributed by atoms with Crippen molar-refractivity contribution in [3.63, 3.8) is 0 Å². The highest BCUT2D eigenvalue weighted by molar-refractivity contribution is 5.84. The van der Waals surface area contributed by atoms with Gasteiger partial charge in [-0.25, -0.2) is 9.48 Å². The summed E-state index contributed by atoms with van der Waals surface area (Å²) in [5, 5.41) is 21.2. The van der Waals surface area contributed by atoms with Crippen molar-refractivity contribution in [3.8, 4) is 11.8 Å². The lowest BCUT2D eigenvalue weighted by Crippen LogP contribution is -2.20. The third-order valence-corrected chi connectivity index (χ3v) is 2.27. The lowest BCUT2D eigenvalue weighted by atomic mass is 10.2. The molecule has 0 saturated heterocycles. The van der Waals surface area contributed by atoms with Gasteiger partial charge in [0.1, 0.15) is 0 Å². The average molecular weight is 241 g/mol. The summed E-state index contributed by atoms with van der Waals surface area (Å²) in [5.74, 6) is -1.37. The standard InChI is InChI=1S/C12H7N3O3/c13-7-8-1-3-9(4-2-8)15-6-5-10(16)11(14-15)12(17)18/h1-6H,(H,17,18). The van der Waals surface area contributed by atoms with Crippen LogP contribution in [0.3, 0.4) is 0 Å².